The minimum absolute atomic E-state index is 0.00541. The molecule has 0 spiro atoms. The molecule has 1 atom stereocenters. The Bertz CT molecular complexity index is 1230. The lowest BCUT2D eigenvalue weighted by Crippen LogP contribution is -2.41. The van der Waals surface area contributed by atoms with Crippen LogP contribution >= 0.6 is 0 Å². The molecule has 1 N–H and O–H groups in total. The third kappa shape index (κ3) is 5.63. The number of ketones is 1. The van der Waals surface area contributed by atoms with Gasteiger partial charge in [0, 0.05) is 44.1 Å². The fourth-order valence-corrected chi connectivity index (χ4v) is 5.77. The van der Waals surface area contributed by atoms with Crippen molar-refractivity contribution in [1.29, 1.82) is 0 Å². The molecule has 0 bridgehead atoms. The van der Waals surface area contributed by atoms with Crippen LogP contribution in [0.5, 0.6) is 0 Å². The molecule has 190 valence electrons. The molecule has 0 saturated carbocycles. The molecular formula is C24H31N3O7S. The first-order chi connectivity index (χ1) is 16.5. The number of rotatable bonds is 9. The number of carbonyl (C=O) groups is 3. The molecule has 0 aliphatic carbocycles. The SMILES string of the molecule is COC(=O)c1c(C)c(C(=O)CN(CC2CCCO2)S(=O)(=O)c2ccc(NC(C)=O)cc2)c(C)n1C. The van der Waals surface area contributed by atoms with E-state index in [1.54, 1.807) is 25.5 Å². The lowest BCUT2D eigenvalue weighted by atomic mass is 10.1. The highest BCUT2D eigenvalue weighted by molar-refractivity contribution is 7.89. The minimum atomic E-state index is -4.07. The summed E-state index contributed by atoms with van der Waals surface area (Å²) >= 11 is 0. The van der Waals surface area contributed by atoms with E-state index in [0.29, 0.717) is 35.5 Å². The highest BCUT2D eigenvalue weighted by atomic mass is 32.2. The average molecular weight is 506 g/mol. The summed E-state index contributed by atoms with van der Waals surface area (Å²) in [6.45, 7) is 4.85. The smallest absolute Gasteiger partial charge is 0.354 e. The Morgan fingerprint density at radius 3 is 2.40 bits per heavy atom. The van der Waals surface area contributed by atoms with Gasteiger partial charge in [0.15, 0.2) is 5.78 Å². The Balaban J connectivity index is 1.95. The maximum atomic E-state index is 13.6. The molecule has 1 aromatic heterocycles. The lowest BCUT2D eigenvalue weighted by Gasteiger charge is -2.24. The number of sulfonamides is 1. The van der Waals surface area contributed by atoms with E-state index in [1.165, 1.54) is 38.3 Å². The van der Waals surface area contributed by atoms with Crippen molar-refractivity contribution in [2.45, 2.75) is 44.6 Å². The third-order valence-electron chi connectivity index (χ3n) is 6.15. The van der Waals surface area contributed by atoms with E-state index in [2.05, 4.69) is 5.32 Å². The van der Waals surface area contributed by atoms with Crippen molar-refractivity contribution >= 4 is 33.4 Å². The van der Waals surface area contributed by atoms with Crippen molar-refractivity contribution in [2.75, 3.05) is 32.1 Å². The average Bonchev–Trinajstić information content (AvgIpc) is 3.39. The number of ether oxygens (including phenoxy) is 2. The summed E-state index contributed by atoms with van der Waals surface area (Å²) < 4.78 is 40.3. The summed E-state index contributed by atoms with van der Waals surface area (Å²) in [5, 5.41) is 2.60. The second kappa shape index (κ2) is 10.7. The van der Waals surface area contributed by atoms with E-state index in [9.17, 15) is 22.8 Å². The number of nitrogens with one attached hydrogen (secondary N) is 1. The molecule has 0 radical (unpaired) electrons. The van der Waals surface area contributed by atoms with E-state index in [4.69, 9.17) is 9.47 Å². The second-order valence-corrected chi connectivity index (χ2v) is 10.5. The molecule has 2 heterocycles. The quantitative estimate of drug-likeness (QED) is 0.410. The highest BCUT2D eigenvalue weighted by Crippen LogP contribution is 2.26. The second-order valence-electron chi connectivity index (χ2n) is 8.55. The maximum absolute atomic E-state index is 13.6. The number of nitrogens with zero attached hydrogens (tertiary/aromatic N) is 2. The summed E-state index contributed by atoms with van der Waals surface area (Å²) in [6, 6.07) is 5.77. The van der Waals surface area contributed by atoms with Crippen molar-refractivity contribution in [3.63, 3.8) is 0 Å². The van der Waals surface area contributed by atoms with E-state index >= 15 is 0 Å². The van der Waals surface area contributed by atoms with E-state index in [-0.39, 0.29) is 29.1 Å². The van der Waals surface area contributed by atoms with E-state index in [0.717, 1.165) is 10.7 Å². The van der Waals surface area contributed by atoms with Crippen molar-refractivity contribution in [3.05, 3.63) is 46.8 Å². The summed E-state index contributed by atoms with van der Waals surface area (Å²) in [7, 11) is -1.15. The van der Waals surface area contributed by atoms with Crippen molar-refractivity contribution in [3.8, 4) is 0 Å². The number of aromatic nitrogens is 1. The zero-order valence-electron chi connectivity index (χ0n) is 20.6. The first-order valence-electron chi connectivity index (χ1n) is 11.2. The van der Waals surface area contributed by atoms with E-state index in [1.807, 2.05) is 0 Å². The van der Waals surface area contributed by atoms with Gasteiger partial charge >= 0.3 is 5.97 Å². The largest absolute Gasteiger partial charge is 0.464 e. The Hall–Kier alpha value is -3.02. The third-order valence-corrected chi connectivity index (χ3v) is 7.98. The number of amides is 1. The number of Topliss-reactive ketones (excluding diaryl/α,β-unsaturated/α-hetero) is 1. The van der Waals surface area contributed by atoms with Crippen LogP contribution in [0.4, 0.5) is 5.69 Å². The molecule has 1 aliphatic rings. The van der Waals surface area contributed by atoms with Crippen LogP contribution in [0.3, 0.4) is 0 Å². The lowest BCUT2D eigenvalue weighted by molar-refractivity contribution is -0.114. The van der Waals surface area contributed by atoms with Gasteiger partial charge in [0.05, 0.1) is 24.7 Å². The minimum Gasteiger partial charge on any atom is -0.464 e. The normalized spacial score (nSPS) is 15.9. The monoisotopic (exact) mass is 505 g/mol. The predicted octanol–water partition coefficient (Wildman–Crippen LogP) is 2.44. The van der Waals surface area contributed by atoms with Gasteiger partial charge in [-0.05, 0) is 56.5 Å². The molecule has 35 heavy (non-hydrogen) atoms. The first kappa shape index (κ1) is 26.6. The zero-order valence-corrected chi connectivity index (χ0v) is 21.4. The molecule has 2 aromatic rings. The highest BCUT2D eigenvalue weighted by Gasteiger charge is 2.33. The number of methoxy groups -OCH3 is 1. The number of esters is 1. The van der Waals surface area contributed by atoms with Crippen molar-refractivity contribution in [2.24, 2.45) is 7.05 Å². The van der Waals surface area contributed by atoms with Crippen LogP contribution in [-0.2, 0) is 31.3 Å². The van der Waals surface area contributed by atoms with Gasteiger partial charge in [0.25, 0.3) is 0 Å². The van der Waals surface area contributed by atoms with Gasteiger partial charge in [0.1, 0.15) is 5.69 Å². The van der Waals surface area contributed by atoms with Gasteiger partial charge < -0.3 is 19.4 Å². The van der Waals surface area contributed by atoms with Gasteiger partial charge in [-0.15, -0.1) is 0 Å². The summed E-state index contributed by atoms with van der Waals surface area (Å²) in [5.74, 6) is -1.27. The number of benzene rings is 1. The Labute approximate surface area is 205 Å². The number of anilines is 1. The number of hydrogen-bond acceptors (Lipinski definition) is 7. The van der Waals surface area contributed by atoms with Crippen LogP contribution in [0.1, 0.15) is 51.9 Å². The van der Waals surface area contributed by atoms with Gasteiger partial charge in [-0.1, -0.05) is 0 Å². The molecular weight excluding hydrogens is 474 g/mol. The molecule has 1 fully saturated rings. The standard InChI is InChI=1S/C24H31N3O7S/c1-15-22(16(2)26(4)23(15)24(30)33-5)21(29)14-27(13-19-7-6-12-34-19)35(31,32)20-10-8-18(9-11-20)25-17(3)28/h8-11,19H,6-7,12-14H2,1-5H3,(H,25,28). The molecule has 11 heteroatoms. The fourth-order valence-electron chi connectivity index (χ4n) is 4.34. The topological polar surface area (TPSA) is 124 Å². The zero-order chi connectivity index (χ0) is 25.9. The molecule has 1 unspecified atom stereocenters. The van der Waals surface area contributed by atoms with Crippen LogP contribution in [0.2, 0.25) is 0 Å². The van der Waals surface area contributed by atoms with Gasteiger partial charge in [-0.2, -0.15) is 4.31 Å². The Morgan fingerprint density at radius 1 is 1.20 bits per heavy atom. The summed E-state index contributed by atoms with van der Waals surface area (Å²) in [4.78, 5) is 36.9. The van der Waals surface area contributed by atoms with Crippen molar-refractivity contribution in [1.82, 2.24) is 8.87 Å². The first-order valence-corrected chi connectivity index (χ1v) is 12.7. The maximum Gasteiger partial charge on any atom is 0.354 e. The molecule has 10 nitrogen and oxygen atoms in total. The number of hydrogen-bond donors (Lipinski definition) is 1. The fraction of sp³-hybridized carbons (Fsp3) is 0.458. The Morgan fingerprint density at radius 2 is 1.86 bits per heavy atom. The molecule has 3 rings (SSSR count). The van der Waals surface area contributed by atoms with Gasteiger partial charge in [-0.3, -0.25) is 9.59 Å². The Kier molecular flexibility index (Phi) is 8.14. The molecule has 1 aliphatic heterocycles. The predicted molar refractivity (Wildman–Crippen MR) is 129 cm³/mol. The van der Waals surface area contributed by atoms with Gasteiger partial charge in [0.2, 0.25) is 15.9 Å². The van der Waals surface area contributed by atoms with E-state index < -0.39 is 28.3 Å². The van der Waals surface area contributed by atoms with Crippen LogP contribution < -0.4 is 5.32 Å². The number of carbonyl (C=O) groups excluding carboxylic acids is 3. The van der Waals surface area contributed by atoms with Gasteiger partial charge in [-0.25, -0.2) is 13.2 Å². The van der Waals surface area contributed by atoms with Crippen molar-refractivity contribution < 1.29 is 32.3 Å². The van der Waals surface area contributed by atoms with Crippen LogP contribution in [-0.4, -0.2) is 67.9 Å². The van der Waals surface area contributed by atoms with Crippen LogP contribution in [0.15, 0.2) is 29.2 Å². The summed E-state index contributed by atoms with van der Waals surface area (Å²) in [6.07, 6.45) is 1.19. The van der Waals surface area contributed by atoms with Crippen LogP contribution in [0.25, 0.3) is 0 Å². The van der Waals surface area contributed by atoms with Crippen LogP contribution in [0, 0.1) is 13.8 Å². The summed E-state index contributed by atoms with van der Waals surface area (Å²) in [5.41, 5.74) is 1.99. The molecule has 1 saturated heterocycles. The molecule has 1 amide bonds. The molecule has 1 aromatic carbocycles.